The molecule has 0 radical (unpaired) electrons. The highest BCUT2D eigenvalue weighted by atomic mass is 32.2. The van der Waals surface area contributed by atoms with Crippen molar-refractivity contribution >= 4 is 29.7 Å². The second kappa shape index (κ2) is 4.74. The predicted octanol–water partition coefficient (Wildman–Crippen LogP) is -1.04. The van der Waals surface area contributed by atoms with Gasteiger partial charge in [-0.2, -0.15) is 5.10 Å². The smallest absolute Gasteiger partial charge is 0.343 e. The number of rotatable bonds is 5. The summed E-state index contributed by atoms with van der Waals surface area (Å²) in [6.45, 7) is 0. The highest BCUT2D eigenvalue weighted by molar-refractivity contribution is 8.02. The highest BCUT2D eigenvalue weighted by Gasteiger charge is 2.56. The van der Waals surface area contributed by atoms with Crippen molar-refractivity contribution in [2.45, 2.75) is 9.90 Å². The Kier molecular flexibility index (Phi) is 3.58. The molecule has 0 saturated heterocycles. The summed E-state index contributed by atoms with van der Waals surface area (Å²) < 4.78 is -3.09. The number of nitrogens with zero attached hydrogens (tertiary/aromatic N) is 3. The lowest BCUT2D eigenvalue weighted by molar-refractivity contribution is -0.160. The first-order valence-corrected chi connectivity index (χ1v) is 4.75. The first kappa shape index (κ1) is 12.8. The van der Waals surface area contributed by atoms with Gasteiger partial charge in [0, 0.05) is 0 Å². The van der Waals surface area contributed by atoms with E-state index in [1.165, 1.54) is 6.20 Å². The van der Waals surface area contributed by atoms with Gasteiger partial charge in [0.15, 0.2) is 0 Å². The predicted molar refractivity (Wildman–Crippen MR) is 51.3 cm³/mol. The minimum Gasteiger partial charge on any atom is -0.479 e. The Balaban J connectivity index is 3.21. The van der Waals surface area contributed by atoms with Crippen LogP contribution in [0.4, 0.5) is 0 Å². The average Bonchev–Trinajstić information content (AvgIpc) is 2.25. The van der Waals surface area contributed by atoms with E-state index in [0.717, 1.165) is 6.20 Å². The summed E-state index contributed by atoms with van der Waals surface area (Å²) in [6.07, 6.45) is 2.31. The summed E-state index contributed by atoms with van der Waals surface area (Å²) in [5, 5.41) is 32.6. The Labute approximate surface area is 97.5 Å². The van der Waals surface area contributed by atoms with Crippen molar-refractivity contribution in [3.8, 4) is 0 Å². The van der Waals surface area contributed by atoms with Gasteiger partial charge in [-0.3, -0.25) is 0 Å². The van der Waals surface area contributed by atoms with Gasteiger partial charge in [0.05, 0.1) is 12.4 Å². The van der Waals surface area contributed by atoms with Crippen LogP contribution >= 0.6 is 11.8 Å². The Morgan fingerprint density at radius 3 is 1.94 bits per heavy atom. The molecule has 90 valence electrons. The third kappa shape index (κ3) is 2.30. The second-order valence-corrected chi connectivity index (χ2v) is 3.81. The van der Waals surface area contributed by atoms with E-state index >= 15 is 0 Å². The molecule has 3 N–H and O–H groups in total. The number of carbonyl (C=O) groups is 3. The zero-order chi connectivity index (χ0) is 13.1. The van der Waals surface area contributed by atoms with Crippen molar-refractivity contribution in [3.05, 3.63) is 12.4 Å². The molecule has 1 aromatic rings. The van der Waals surface area contributed by atoms with Gasteiger partial charge in [0.1, 0.15) is 0 Å². The molecule has 0 atom stereocenters. The molecule has 0 aliphatic rings. The minimum atomic E-state index is -3.09. The van der Waals surface area contributed by atoms with Crippen LogP contribution in [0.15, 0.2) is 17.6 Å². The zero-order valence-electron chi connectivity index (χ0n) is 7.97. The molecular weight excluding hydrogens is 254 g/mol. The van der Waals surface area contributed by atoms with E-state index in [1.807, 2.05) is 0 Å². The van der Waals surface area contributed by atoms with Crippen molar-refractivity contribution in [1.29, 1.82) is 0 Å². The van der Waals surface area contributed by atoms with Crippen LogP contribution in [0.2, 0.25) is 0 Å². The molecular formula is C7H5N3O6S. The van der Waals surface area contributed by atoms with Gasteiger partial charge in [-0.05, 0) is 11.8 Å². The molecule has 10 heteroatoms. The first-order chi connectivity index (χ1) is 7.91. The van der Waals surface area contributed by atoms with Crippen LogP contribution in [0.1, 0.15) is 0 Å². The lowest BCUT2D eigenvalue weighted by Crippen LogP contribution is -2.50. The molecule has 1 heterocycles. The fourth-order valence-corrected chi connectivity index (χ4v) is 1.56. The van der Waals surface area contributed by atoms with Crippen LogP contribution in [-0.4, -0.2) is 53.2 Å². The second-order valence-electron chi connectivity index (χ2n) is 2.62. The Hall–Kier alpha value is -2.23. The molecule has 0 saturated carbocycles. The maximum atomic E-state index is 10.9. The van der Waals surface area contributed by atoms with Crippen molar-refractivity contribution in [2.75, 3.05) is 0 Å². The van der Waals surface area contributed by atoms with Gasteiger partial charge < -0.3 is 15.3 Å². The number of hydrogen-bond donors (Lipinski definition) is 3. The maximum absolute atomic E-state index is 10.9. The molecule has 0 amide bonds. The lowest BCUT2D eigenvalue weighted by atomic mass is 10.1. The van der Waals surface area contributed by atoms with Crippen LogP contribution in [0.5, 0.6) is 0 Å². The lowest BCUT2D eigenvalue weighted by Gasteiger charge is -2.17. The topological polar surface area (TPSA) is 151 Å². The van der Waals surface area contributed by atoms with E-state index in [9.17, 15) is 14.4 Å². The SMILES string of the molecule is O=C(O)C(Sc1nccnn1)(C(=O)O)C(=O)O. The van der Waals surface area contributed by atoms with Crippen LogP contribution < -0.4 is 0 Å². The van der Waals surface area contributed by atoms with Gasteiger partial charge in [-0.25, -0.2) is 19.4 Å². The third-order valence-electron chi connectivity index (χ3n) is 1.61. The summed E-state index contributed by atoms with van der Waals surface area (Å²) in [4.78, 5) is 36.1. The number of hydrogen-bond acceptors (Lipinski definition) is 7. The van der Waals surface area contributed by atoms with Crippen LogP contribution in [-0.2, 0) is 14.4 Å². The van der Waals surface area contributed by atoms with Crippen LogP contribution in [0, 0.1) is 0 Å². The van der Waals surface area contributed by atoms with Crippen LogP contribution in [0.3, 0.4) is 0 Å². The molecule has 0 bridgehead atoms. The zero-order valence-corrected chi connectivity index (χ0v) is 8.79. The summed E-state index contributed by atoms with van der Waals surface area (Å²) in [5.74, 6) is -6.10. The van der Waals surface area contributed by atoms with Gasteiger partial charge >= 0.3 is 22.7 Å². The largest absolute Gasteiger partial charge is 0.479 e. The monoisotopic (exact) mass is 259 g/mol. The molecule has 0 aliphatic heterocycles. The quantitative estimate of drug-likeness (QED) is 0.441. The molecule has 1 aromatic heterocycles. The molecule has 0 spiro atoms. The Morgan fingerprint density at radius 1 is 1.06 bits per heavy atom. The highest BCUT2D eigenvalue weighted by Crippen LogP contribution is 2.31. The summed E-state index contributed by atoms with van der Waals surface area (Å²) in [5.41, 5.74) is 0. The number of carboxylic acid groups (broad SMARTS) is 3. The van der Waals surface area contributed by atoms with E-state index < -0.39 is 22.7 Å². The number of aliphatic carboxylic acids is 3. The number of carboxylic acids is 3. The summed E-state index contributed by atoms with van der Waals surface area (Å²) in [7, 11) is 0. The van der Waals surface area contributed by atoms with Crippen molar-refractivity contribution in [2.24, 2.45) is 0 Å². The molecule has 0 unspecified atom stereocenters. The Morgan fingerprint density at radius 2 is 1.59 bits per heavy atom. The normalized spacial score (nSPS) is 10.8. The molecule has 0 aliphatic carbocycles. The molecule has 1 rings (SSSR count). The van der Waals surface area contributed by atoms with Gasteiger partial charge in [0.2, 0.25) is 5.16 Å². The fourth-order valence-electron chi connectivity index (χ4n) is 0.825. The first-order valence-electron chi connectivity index (χ1n) is 3.94. The van der Waals surface area contributed by atoms with E-state index in [4.69, 9.17) is 15.3 Å². The van der Waals surface area contributed by atoms with E-state index in [-0.39, 0.29) is 16.9 Å². The van der Waals surface area contributed by atoms with Gasteiger partial charge in [-0.1, -0.05) is 0 Å². The van der Waals surface area contributed by atoms with E-state index in [1.54, 1.807) is 0 Å². The van der Waals surface area contributed by atoms with Crippen molar-refractivity contribution < 1.29 is 29.7 Å². The van der Waals surface area contributed by atoms with Gasteiger partial charge in [0.25, 0.3) is 0 Å². The van der Waals surface area contributed by atoms with Gasteiger partial charge in [-0.15, -0.1) is 5.10 Å². The Bertz CT molecular complexity index is 428. The molecule has 0 aromatic carbocycles. The number of aromatic nitrogens is 3. The van der Waals surface area contributed by atoms with Crippen LogP contribution in [0.25, 0.3) is 0 Å². The fraction of sp³-hybridized carbons (Fsp3) is 0.143. The average molecular weight is 259 g/mol. The number of thioether (sulfide) groups is 1. The third-order valence-corrected chi connectivity index (χ3v) is 2.81. The molecule has 17 heavy (non-hydrogen) atoms. The summed E-state index contributed by atoms with van der Waals surface area (Å²) in [6, 6.07) is 0. The van der Waals surface area contributed by atoms with Crippen molar-refractivity contribution in [1.82, 2.24) is 15.2 Å². The van der Waals surface area contributed by atoms with Crippen molar-refractivity contribution in [3.63, 3.8) is 0 Å². The molecule has 0 fully saturated rings. The molecule has 9 nitrogen and oxygen atoms in total. The van der Waals surface area contributed by atoms with E-state index in [0.29, 0.717) is 0 Å². The minimum absolute atomic E-state index is 0.0229. The maximum Gasteiger partial charge on any atom is 0.343 e. The standard InChI is InChI=1S/C7H5N3O6S/c11-3(12)7(4(13)14,5(15)16)17-6-8-1-2-9-10-6/h1-2H,(H,11,12)(H,13,14)(H,15,16). The summed E-state index contributed by atoms with van der Waals surface area (Å²) >= 11 is -0.0229. The van der Waals surface area contributed by atoms with E-state index in [2.05, 4.69) is 15.2 Å².